The number of nitrogens with zero attached hydrogens (tertiary/aromatic N) is 1. The summed E-state index contributed by atoms with van der Waals surface area (Å²) >= 11 is 0. The molecule has 0 bridgehead atoms. The van der Waals surface area contributed by atoms with E-state index in [9.17, 15) is 18.0 Å². The lowest BCUT2D eigenvalue weighted by Crippen LogP contribution is -2.24. The Hall–Kier alpha value is -2.34. The van der Waals surface area contributed by atoms with Crippen LogP contribution in [0, 0.1) is 0 Å². The standard InChI is InChI=1S/C18H19F3N2O/c1-23(13-14-7-3-2-4-8-14)12-11-17(24)22-16-10-6-5-9-15(16)18(19,20)21/h2-10H,11-13H2,1H3,(H,22,24). The van der Waals surface area contributed by atoms with Crippen LogP contribution in [0.1, 0.15) is 17.5 Å². The third-order valence-electron chi connectivity index (χ3n) is 3.52. The number of carbonyl (C=O) groups excluding carboxylic acids is 1. The van der Waals surface area contributed by atoms with Crippen molar-refractivity contribution in [2.75, 3.05) is 18.9 Å². The van der Waals surface area contributed by atoms with E-state index in [1.165, 1.54) is 18.2 Å². The summed E-state index contributed by atoms with van der Waals surface area (Å²) < 4.78 is 38.7. The lowest BCUT2D eigenvalue weighted by atomic mass is 10.1. The van der Waals surface area contributed by atoms with Gasteiger partial charge in [0.1, 0.15) is 0 Å². The van der Waals surface area contributed by atoms with Crippen LogP contribution in [0.15, 0.2) is 54.6 Å². The zero-order valence-electron chi connectivity index (χ0n) is 13.3. The molecule has 24 heavy (non-hydrogen) atoms. The summed E-state index contributed by atoms with van der Waals surface area (Å²) in [4.78, 5) is 13.9. The molecule has 0 aliphatic carbocycles. The van der Waals surface area contributed by atoms with Crippen molar-refractivity contribution in [3.63, 3.8) is 0 Å². The van der Waals surface area contributed by atoms with E-state index in [1.54, 1.807) is 0 Å². The minimum atomic E-state index is -4.49. The Morgan fingerprint density at radius 1 is 1.04 bits per heavy atom. The van der Waals surface area contributed by atoms with Crippen LogP contribution < -0.4 is 5.32 Å². The minimum Gasteiger partial charge on any atom is -0.325 e. The molecule has 128 valence electrons. The predicted octanol–water partition coefficient (Wildman–Crippen LogP) is 4.17. The van der Waals surface area contributed by atoms with E-state index in [4.69, 9.17) is 0 Å². The Morgan fingerprint density at radius 3 is 2.33 bits per heavy atom. The number of amides is 1. The summed E-state index contributed by atoms with van der Waals surface area (Å²) in [5.74, 6) is -0.438. The lowest BCUT2D eigenvalue weighted by Gasteiger charge is -2.17. The normalized spacial score (nSPS) is 11.5. The number of benzene rings is 2. The quantitative estimate of drug-likeness (QED) is 0.859. The summed E-state index contributed by atoms with van der Waals surface area (Å²) in [6, 6.07) is 14.7. The molecular formula is C18H19F3N2O. The summed E-state index contributed by atoms with van der Waals surface area (Å²) in [6.07, 6.45) is -4.37. The van der Waals surface area contributed by atoms with Crippen molar-refractivity contribution in [1.29, 1.82) is 0 Å². The number of anilines is 1. The van der Waals surface area contributed by atoms with Crippen LogP contribution in [0.5, 0.6) is 0 Å². The Balaban J connectivity index is 1.88. The van der Waals surface area contributed by atoms with Crippen LogP contribution in [-0.2, 0) is 17.5 Å². The van der Waals surface area contributed by atoms with E-state index in [1.807, 2.05) is 42.3 Å². The van der Waals surface area contributed by atoms with Crippen molar-refractivity contribution in [3.05, 3.63) is 65.7 Å². The van der Waals surface area contributed by atoms with Crippen LogP contribution >= 0.6 is 0 Å². The maximum Gasteiger partial charge on any atom is 0.418 e. The number of para-hydroxylation sites is 1. The second-order valence-electron chi connectivity index (χ2n) is 5.56. The molecule has 0 aromatic heterocycles. The number of hydrogen-bond donors (Lipinski definition) is 1. The molecule has 0 aliphatic heterocycles. The number of alkyl halides is 3. The first kappa shape index (κ1) is 18.0. The van der Waals surface area contributed by atoms with Gasteiger partial charge in [-0.15, -0.1) is 0 Å². The molecule has 0 saturated heterocycles. The second-order valence-corrected chi connectivity index (χ2v) is 5.56. The monoisotopic (exact) mass is 336 g/mol. The van der Waals surface area contributed by atoms with Gasteiger partial charge in [0, 0.05) is 19.5 Å². The highest BCUT2D eigenvalue weighted by atomic mass is 19.4. The summed E-state index contributed by atoms with van der Waals surface area (Å²) in [7, 11) is 1.87. The first-order valence-corrected chi connectivity index (χ1v) is 7.55. The molecule has 0 unspecified atom stereocenters. The van der Waals surface area contributed by atoms with Crippen LogP contribution in [0.4, 0.5) is 18.9 Å². The molecule has 0 spiro atoms. The van der Waals surface area contributed by atoms with Crippen molar-refractivity contribution in [3.8, 4) is 0 Å². The Bertz CT molecular complexity index is 671. The predicted molar refractivity (Wildman–Crippen MR) is 87.5 cm³/mol. The Morgan fingerprint density at radius 2 is 1.67 bits per heavy atom. The highest BCUT2D eigenvalue weighted by Gasteiger charge is 2.33. The largest absolute Gasteiger partial charge is 0.418 e. The van der Waals surface area contributed by atoms with Gasteiger partial charge in [-0.2, -0.15) is 13.2 Å². The average molecular weight is 336 g/mol. The zero-order valence-corrected chi connectivity index (χ0v) is 13.3. The van der Waals surface area contributed by atoms with Gasteiger partial charge < -0.3 is 10.2 Å². The lowest BCUT2D eigenvalue weighted by molar-refractivity contribution is -0.137. The van der Waals surface area contributed by atoms with Gasteiger partial charge in [0.2, 0.25) is 5.91 Å². The minimum absolute atomic E-state index is 0.121. The van der Waals surface area contributed by atoms with Gasteiger partial charge >= 0.3 is 6.18 Å². The number of carbonyl (C=O) groups is 1. The van der Waals surface area contributed by atoms with Crippen molar-refractivity contribution in [2.24, 2.45) is 0 Å². The molecular weight excluding hydrogens is 317 g/mol. The van der Waals surface area contributed by atoms with Gasteiger partial charge in [-0.3, -0.25) is 4.79 Å². The highest BCUT2D eigenvalue weighted by molar-refractivity contribution is 5.91. The summed E-state index contributed by atoms with van der Waals surface area (Å²) in [5.41, 5.74) is 0.0690. The number of hydrogen-bond acceptors (Lipinski definition) is 2. The zero-order chi connectivity index (χ0) is 17.6. The molecule has 2 rings (SSSR count). The Kier molecular flexibility index (Phi) is 5.98. The molecule has 0 aliphatic rings. The maximum atomic E-state index is 12.9. The third kappa shape index (κ3) is 5.38. The van der Waals surface area contributed by atoms with Crippen LogP contribution in [0.25, 0.3) is 0 Å². The fourth-order valence-electron chi connectivity index (χ4n) is 2.32. The molecule has 1 N–H and O–H groups in total. The molecule has 0 fully saturated rings. The first-order valence-electron chi connectivity index (χ1n) is 7.55. The molecule has 1 amide bonds. The first-order chi connectivity index (χ1) is 11.4. The maximum absolute atomic E-state index is 12.9. The number of halogens is 3. The fraction of sp³-hybridized carbons (Fsp3) is 0.278. The molecule has 3 nitrogen and oxygen atoms in total. The van der Waals surface area contributed by atoms with E-state index in [-0.39, 0.29) is 12.1 Å². The van der Waals surface area contributed by atoms with E-state index in [2.05, 4.69) is 5.32 Å². The van der Waals surface area contributed by atoms with E-state index in [0.29, 0.717) is 13.1 Å². The third-order valence-corrected chi connectivity index (χ3v) is 3.52. The van der Waals surface area contributed by atoms with E-state index >= 15 is 0 Å². The molecule has 0 heterocycles. The smallest absolute Gasteiger partial charge is 0.325 e. The van der Waals surface area contributed by atoms with Gasteiger partial charge in [-0.1, -0.05) is 42.5 Å². The fourth-order valence-corrected chi connectivity index (χ4v) is 2.32. The van der Waals surface area contributed by atoms with Gasteiger partial charge in [0.15, 0.2) is 0 Å². The summed E-state index contributed by atoms with van der Waals surface area (Å²) in [6.45, 7) is 1.13. The van der Waals surface area contributed by atoms with Gasteiger partial charge in [-0.05, 0) is 24.7 Å². The molecule has 6 heteroatoms. The Labute approximate surface area is 139 Å². The molecule has 0 radical (unpaired) electrons. The van der Waals surface area contributed by atoms with Crippen molar-refractivity contribution >= 4 is 11.6 Å². The van der Waals surface area contributed by atoms with Gasteiger partial charge in [-0.25, -0.2) is 0 Å². The molecule has 0 saturated carbocycles. The average Bonchev–Trinajstić information content (AvgIpc) is 2.53. The van der Waals surface area contributed by atoms with Crippen LogP contribution in [0.3, 0.4) is 0 Å². The topological polar surface area (TPSA) is 32.3 Å². The summed E-state index contributed by atoms with van der Waals surface area (Å²) in [5, 5.41) is 2.35. The van der Waals surface area contributed by atoms with E-state index in [0.717, 1.165) is 11.6 Å². The molecule has 2 aromatic carbocycles. The number of nitrogens with one attached hydrogen (secondary N) is 1. The molecule has 2 aromatic rings. The van der Waals surface area contributed by atoms with Crippen molar-refractivity contribution < 1.29 is 18.0 Å². The SMILES string of the molecule is CN(CCC(=O)Nc1ccccc1C(F)(F)F)Cc1ccccc1. The van der Waals surface area contributed by atoms with Crippen molar-refractivity contribution in [2.45, 2.75) is 19.1 Å². The highest BCUT2D eigenvalue weighted by Crippen LogP contribution is 2.34. The van der Waals surface area contributed by atoms with E-state index < -0.39 is 17.6 Å². The van der Waals surface area contributed by atoms with Crippen LogP contribution in [0.2, 0.25) is 0 Å². The van der Waals surface area contributed by atoms with Crippen LogP contribution in [-0.4, -0.2) is 24.4 Å². The van der Waals surface area contributed by atoms with Gasteiger partial charge in [0.05, 0.1) is 11.3 Å². The van der Waals surface area contributed by atoms with Crippen molar-refractivity contribution in [1.82, 2.24) is 4.90 Å². The molecule has 0 atom stereocenters. The van der Waals surface area contributed by atoms with Gasteiger partial charge in [0.25, 0.3) is 0 Å². The number of rotatable bonds is 6. The second kappa shape index (κ2) is 7.97.